The average molecular weight is 462 g/mol. The summed E-state index contributed by atoms with van der Waals surface area (Å²) in [6.45, 7) is 1.67. The molecule has 1 saturated heterocycles. The molecule has 0 saturated carbocycles. The van der Waals surface area contributed by atoms with Crippen LogP contribution in [0.4, 0.5) is 0 Å². The Morgan fingerprint density at radius 3 is 2.39 bits per heavy atom. The number of primary amides is 1. The molecule has 1 aromatic carbocycles. The van der Waals surface area contributed by atoms with E-state index in [1.54, 1.807) is 0 Å². The van der Waals surface area contributed by atoms with Gasteiger partial charge in [-0.3, -0.25) is 19.2 Å². The first-order chi connectivity index (χ1) is 15.6. The van der Waals surface area contributed by atoms with Crippen molar-refractivity contribution >= 4 is 29.6 Å². The van der Waals surface area contributed by atoms with E-state index in [-0.39, 0.29) is 25.8 Å². The topological polar surface area (TPSA) is 185 Å². The van der Waals surface area contributed by atoms with E-state index < -0.39 is 53.8 Å². The molecule has 0 spiro atoms. The zero-order valence-electron chi connectivity index (χ0n) is 18.5. The SMILES string of the molecule is CC(NC(=O)C(N)Cc1ccccc1)C(=O)NC(CCC(N)=O)C(=O)N1CCCC1C(=O)O. The number of amides is 4. The molecule has 1 aliphatic rings. The van der Waals surface area contributed by atoms with Crippen LogP contribution in [0.15, 0.2) is 30.3 Å². The van der Waals surface area contributed by atoms with E-state index >= 15 is 0 Å². The summed E-state index contributed by atoms with van der Waals surface area (Å²) in [5.41, 5.74) is 12.0. The number of nitrogens with two attached hydrogens (primary N) is 2. The van der Waals surface area contributed by atoms with Crippen molar-refractivity contribution in [1.29, 1.82) is 0 Å². The quantitative estimate of drug-likeness (QED) is 0.276. The van der Waals surface area contributed by atoms with Crippen LogP contribution in [-0.2, 0) is 30.4 Å². The molecule has 1 fully saturated rings. The van der Waals surface area contributed by atoms with Crippen molar-refractivity contribution < 1.29 is 29.1 Å². The second-order valence-electron chi connectivity index (χ2n) is 8.12. The van der Waals surface area contributed by atoms with Crippen molar-refractivity contribution in [2.24, 2.45) is 11.5 Å². The van der Waals surface area contributed by atoms with Crippen molar-refractivity contribution in [3.8, 4) is 0 Å². The van der Waals surface area contributed by atoms with Gasteiger partial charge in [-0.05, 0) is 38.2 Å². The predicted molar refractivity (Wildman–Crippen MR) is 118 cm³/mol. The fourth-order valence-electron chi connectivity index (χ4n) is 3.67. The van der Waals surface area contributed by atoms with Gasteiger partial charge in [-0.2, -0.15) is 0 Å². The maximum Gasteiger partial charge on any atom is 0.326 e. The third kappa shape index (κ3) is 7.56. The highest BCUT2D eigenvalue weighted by molar-refractivity contribution is 5.94. The molecule has 4 atom stereocenters. The number of nitrogens with zero attached hydrogens (tertiary/aromatic N) is 1. The Morgan fingerprint density at radius 2 is 1.79 bits per heavy atom. The van der Waals surface area contributed by atoms with Crippen LogP contribution >= 0.6 is 0 Å². The van der Waals surface area contributed by atoms with E-state index in [1.807, 2.05) is 30.3 Å². The Kier molecular flexibility index (Phi) is 9.34. The standard InChI is InChI=1S/C22H31N5O6/c1-13(25-20(30)15(23)12-14-6-3-2-4-7-14)19(29)26-16(9-10-18(24)28)21(31)27-11-5-8-17(27)22(32)33/h2-4,6-7,13,15-17H,5,8-12,23H2,1H3,(H2,24,28)(H,25,30)(H,26,29)(H,32,33). The summed E-state index contributed by atoms with van der Waals surface area (Å²) in [7, 11) is 0. The molecule has 7 N–H and O–H groups in total. The lowest BCUT2D eigenvalue weighted by atomic mass is 10.1. The van der Waals surface area contributed by atoms with E-state index in [4.69, 9.17) is 11.5 Å². The van der Waals surface area contributed by atoms with Crippen molar-refractivity contribution in [1.82, 2.24) is 15.5 Å². The smallest absolute Gasteiger partial charge is 0.326 e. The summed E-state index contributed by atoms with van der Waals surface area (Å²) in [6.07, 6.45) is 0.850. The van der Waals surface area contributed by atoms with E-state index in [2.05, 4.69) is 10.6 Å². The summed E-state index contributed by atoms with van der Waals surface area (Å²) >= 11 is 0. The van der Waals surface area contributed by atoms with Crippen LogP contribution in [0.5, 0.6) is 0 Å². The van der Waals surface area contributed by atoms with Gasteiger partial charge in [0.25, 0.3) is 0 Å². The lowest BCUT2D eigenvalue weighted by Crippen LogP contribution is -2.56. The van der Waals surface area contributed by atoms with E-state index in [9.17, 15) is 29.1 Å². The van der Waals surface area contributed by atoms with E-state index in [0.717, 1.165) is 5.56 Å². The van der Waals surface area contributed by atoms with Crippen LogP contribution in [0.1, 0.15) is 38.2 Å². The van der Waals surface area contributed by atoms with Crippen molar-refractivity contribution in [2.75, 3.05) is 6.54 Å². The molecule has 0 bridgehead atoms. The highest BCUT2D eigenvalue weighted by Crippen LogP contribution is 2.19. The number of hydrogen-bond donors (Lipinski definition) is 5. The Hall–Kier alpha value is -3.47. The molecular weight excluding hydrogens is 430 g/mol. The van der Waals surface area contributed by atoms with Crippen LogP contribution in [-0.4, -0.2) is 70.3 Å². The summed E-state index contributed by atoms with van der Waals surface area (Å²) < 4.78 is 0. The van der Waals surface area contributed by atoms with Crippen LogP contribution in [0.25, 0.3) is 0 Å². The first-order valence-electron chi connectivity index (χ1n) is 10.8. The van der Waals surface area contributed by atoms with Gasteiger partial charge in [0.15, 0.2) is 0 Å². The van der Waals surface area contributed by atoms with Crippen LogP contribution in [0.3, 0.4) is 0 Å². The molecule has 180 valence electrons. The second-order valence-corrected chi connectivity index (χ2v) is 8.12. The molecule has 1 heterocycles. The highest BCUT2D eigenvalue weighted by atomic mass is 16.4. The lowest BCUT2D eigenvalue weighted by Gasteiger charge is -2.28. The van der Waals surface area contributed by atoms with Gasteiger partial charge in [0.05, 0.1) is 6.04 Å². The van der Waals surface area contributed by atoms with Crippen LogP contribution < -0.4 is 22.1 Å². The Morgan fingerprint density at radius 1 is 1.12 bits per heavy atom. The summed E-state index contributed by atoms with van der Waals surface area (Å²) in [4.78, 5) is 61.9. The van der Waals surface area contributed by atoms with Gasteiger partial charge in [0.1, 0.15) is 18.1 Å². The third-order valence-electron chi connectivity index (χ3n) is 5.50. The molecule has 0 aliphatic carbocycles. The maximum absolute atomic E-state index is 13.0. The molecule has 1 aliphatic heterocycles. The van der Waals surface area contributed by atoms with Gasteiger partial charge in [0.2, 0.25) is 23.6 Å². The molecule has 0 aromatic heterocycles. The monoisotopic (exact) mass is 461 g/mol. The fourth-order valence-corrected chi connectivity index (χ4v) is 3.67. The van der Waals surface area contributed by atoms with Gasteiger partial charge >= 0.3 is 5.97 Å². The Balaban J connectivity index is 2.00. The summed E-state index contributed by atoms with van der Waals surface area (Å²) in [5.74, 6) is -3.59. The third-order valence-corrected chi connectivity index (χ3v) is 5.50. The molecule has 11 heteroatoms. The lowest BCUT2D eigenvalue weighted by molar-refractivity contribution is -0.149. The van der Waals surface area contributed by atoms with Gasteiger partial charge in [-0.1, -0.05) is 30.3 Å². The largest absolute Gasteiger partial charge is 0.480 e. The van der Waals surface area contributed by atoms with Gasteiger partial charge in [-0.25, -0.2) is 4.79 Å². The number of likely N-dealkylation sites (tertiary alicyclic amines) is 1. The number of nitrogens with one attached hydrogen (secondary N) is 2. The van der Waals surface area contributed by atoms with Gasteiger partial charge in [0, 0.05) is 13.0 Å². The minimum absolute atomic E-state index is 0.0864. The van der Waals surface area contributed by atoms with Crippen LogP contribution in [0, 0.1) is 0 Å². The maximum atomic E-state index is 13.0. The Labute approximate surface area is 191 Å². The number of benzene rings is 1. The first-order valence-corrected chi connectivity index (χ1v) is 10.8. The molecular formula is C22H31N5O6. The molecule has 0 radical (unpaired) electrons. The molecule has 1 aromatic rings. The number of aliphatic carboxylic acids is 1. The van der Waals surface area contributed by atoms with E-state index in [1.165, 1.54) is 11.8 Å². The number of carbonyl (C=O) groups is 5. The fraction of sp³-hybridized carbons (Fsp3) is 0.500. The number of carbonyl (C=O) groups excluding carboxylic acids is 4. The number of carboxylic acid groups (broad SMARTS) is 1. The second kappa shape index (κ2) is 12.0. The molecule has 2 rings (SSSR count). The molecule has 33 heavy (non-hydrogen) atoms. The van der Waals surface area contributed by atoms with Crippen LogP contribution in [0.2, 0.25) is 0 Å². The predicted octanol–water partition coefficient (Wildman–Crippen LogP) is -1.11. The molecule has 4 unspecified atom stereocenters. The molecule has 11 nitrogen and oxygen atoms in total. The highest BCUT2D eigenvalue weighted by Gasteiger charge is 2.38. The average Bonchev–Trinajstić information content (AvgIpc) is 3.26. The van der Waals surface area contributed by atoms with Gasteiger partial charge in [-0.15, -0.1) is 0 Å². The van der Waals surface area contributed by atoms with Crippen molar-refractivity contribution in [2.45, 2.75) is 63.2 Å². The van der Waals surface area contributed by atoms with E-state index in [0.29, 0.717) is 12.8 Å². The number of rotatable bonds is 11. The zero-order valence-corrected chi connectivity index (χ0v) is 18.5. The number of hydrogen-bond acceptors (Lipinski definition) is 6. The first kappa shape index (κ1) is 25.8. The summed E-state index contributed by atoms with van der Waals surface area (Å²) in [5, 5.41) is 14.4. The summed E-state index contributed by atoms with van der Waals surface area (Å²) in [6, 6.07) is 5.14. The normalized spacial score (nSPS) is 18.1. The zero-order chi connectivity index (χ0) is 24.5. The minimum Gasteiger partial charge on any atom is -0.480 e. The number of carboxylic acids is 1. The van der Waals surface area contributed by atoms with Crippen molar-refractivity contribution in [3.63, 3.8) is 0 Å². The van der Waals surface area contributed by atoms with Gasteiger partial charge < -0.3 is 32.1 Å². The molecule has 4 amide bonds. The van der Waals surface area contributed by atoms with Crippen molar-refractivity contribution in [3.05, 3.63) is 35.9 Å². The Bertz CT molecular complexity index is 877. The minimum atomic E-state index is -1.15.